The molecule has 3 nitrogen and oxygen atoms in total. The fourth-order valence-corrected chi connectivity index (χ4v) is 2.71. The number of furan rings is 1. The average Bonchev–Trinajstić information content (AvgIpc) is 2.89. The van der Waals surface area contributed by atoms with E-state index < -0.39 is 0 Å². The van der Waals surface area contributed by atoms with Gasteiger partial charge < -0.3 is 15.5 Å². The first kappa shape index (κ1) is 13.2. The molecule has 1 atom stereocenters. The van der Waals surface area contributed by atoms with Gasteiger partial charge in [-0.2, -0.15) is 0 Å². The molecule has 0 bridgehead atoms. The zero-order chi connectivity index (χ0) is 13.9. The number of para-hydroxylation sites is 1. The zero-order valence-electron chi connectivity index (χ0n) is 10.8. The van der Waals surface area contributed by atoms with Crippen LogP contribution in [0, 0.1) is 0 Å². The second-order valence-electron chi connectivity index (χ2n) is 4.63. The molecule has 3 aromatic rings. The Hall–Kier alpha value is -1.78. The normalized spacial score (nSPS) is 12.5. The largest absolute Gasteiger partial charge is 0.464 e. The topological polar surface area (TPSA) is 51.2 Å². The van der Waals surface area contributed by atoms with Crippen molar-refractivity contribution in [1.82, 2.24) is 0 Å². The minimum absolute atomic E-state index is 0.0212. The summed E-state index contributed by atoms with van der Waals surface area (Å²) in [5, 5.41) is 4.55. The highest BCUT2D eigenvalue weighted by atomic mass is 79.9. The lowest BCUT2D eigenvalue weighted by atomic mass is 10.1. The third kappa shape index (κ3) is 2.57. The molecule has 0 aliphatic carbocycles. The van der Waals surface area contributed by atoms with Crippen LogP contribution in [-0.4, -0.2) is 6.54 Å². The van der Waals surface area contributed by atoms with Gasteiger partial charge in [-0.1, -0.05) is 40.2 Å². The molecule has 0 saturated heterocycles. The highest BCUT2D eigenvalue weighted by molar-refractivity contribution is 9.10. The quantitative estimate of drug-likeness (QED) is 0.749. The van der Waals surface area contributed by atoms with Crippen LogP contribution < -0.4 is 11.1 Å². The number of hydrogen-bond donors (Lipinski definition) is 2. The molecule has 1 aromatic heterocycles. The van der Waals surface area contributed by atoms with Gasteiger partial charge in [0, 0.05) is 27.7 Å². The van der Waals surface area contributed by atoms with Crippen molar-refractivity contribution in [2.24, 2.45) is 5.73 Å². The molecule has 1 heterocycles. The molecule has 0 radical (unpaired) electrons. The van der Waals surface area contributed by atoms with E-state index in [0.29, 0.717) is 6.54 Å². The van der Waals surface area contributed by atoms with Gasteiger partial charge in [0.05, 0.1) is 12.3 Å². The van der Waals surface area contributed by atoms with Gasteiger partial charge >= 0.3 is 0 Å². The first-order chi connectivity index (χ1) is 9.78. The molecule has 3 N–H and O–H groups in total. The Labute approximate surface area is 125 Å². The Bertz CT molecular complexity index is 723. The second-order valence-corrected chi connectivity index (χ2v) is 5.55. The maximum atomic E-state index is 5.93. The van der Waals surface area contributed by atoms with Crippen molar-refractivity contribution in [2.45, 2.75) is 6.04 Å². The number of nitrogens with one attached hydrogen (secondary N) is 1. The fourth-order valence-electron chi connectivity index (χ4n) is 2.31. The SMILES string of the molecule is NCC(Nc1cccc(Br)c1)c1coc2ccccc12. The Morgan fingerprint density at radius 3 is 2.80 bits per heavy atom. The first-order valence-electron chi connectivity index (χ1n) is 6.46. The van der Waals surface area contributed by atoms with Gasteiger partial charge in [-0.15, -0.1) is 0 Å². The number of halogens is 1. The van der Waals surface area contributed by atoms with Crippen molar-refractivity contribution >= 4 is 32.6 Å². The maximum absolute atomic E-state index is 5.93. The van der Waals surface area contributed by atoms with Crippen molar-refractivity contribution in [3.8, 4) is 0 Å². The number of rotatable bonds is 4. The highest BCUT2D eigenvalue weighted by Crippen LogP contribution is 2.28. The standard InChI is InChI=1S/C16H15BrN2O/c17-11-4-3-5-12(8-11)19-15(9-18)14-10-20-16-7-2-1-6-13(14)16/h1-8,10,15,19H,9,18H2. The fraction of sp³-hybridized carbons (Fsp3) is 0.125. The summed E-state index contributed by atoms with van der Waals surface area (Å²) in [7, 11) is 0. The number of fused-ring (bicyclic) bond motifs is 1. The summed E-state index contributed by atoms with van der Waals surface area (Å²) in [5.41, 5.74) is 8.93. The number of anilines is 1. The summed E-state index contributed by atoms with van der Waals surface area (Å²) >= 11 is 3.47. The van der Waals surface area contributed by atoms with Crippen LogP contribution in [0.2, 0.25) is 0 Å². The Morgan fingerprint density at radius 2 is 2.00 bits per heavy atom. The summed E-state index contributed by atoms with van der Waals surface area (Å²) in [6.45, 7) is 0.496. The molecule has 4 heteroatoms. The van der Waals surface area contributed by atoms with Gasteiger partial charge in [0.25, 0.3) is 0 Å². The van der Waals surface area contributed by atoms with E-state index in [2.05, 4.69) is 27.3 Å². The third-order valence-corrected chi connectivity index (χ3v) is 3.78. The number of nitrogens with two attached hydrogens (primary N) is 1. The van der Waals surface area contributed by atoms with Crippen molar-refractivity contribution in [2.75, 3.05) is 11.9 Å². The molecule has 3 rings (SSSR count). The minimum atomic E-state index is 0.0212. The van der Waals surface area contributed by atoms with Crippen LogP contribution in [0.25, 0.3) is 11.0 Å². The van der Waals surface area contributed by atoms with Crippen LogP contribution >= 0.6 is 15.9 Å². The van der Waals surface area contributed by atoms with Gasteiger partial charge in [-0.3, -0.25) is 0 Å². The third-order valence-electron chi connectivity index (χ3n) is 3.29. The van der Waals surface area contributed by atoms with E-state index in [1.807, 2.05) is 42.5 Å². The van der Waals surface area contributed by atoms with Crippen LogP contribution in [0.4, 0.5) is 5.69 Å². The molecular weight excluding hydrogens is 316 g/mol. The smallest absolute Gasteiger partial charge is 0.134 e. The Balaban J connectivity index is 1.93. The molecule has 0 fully saturated rings. The predicted molar refractivity (Wildman–Crippen MR) is 85.8 cm³/mol. The van der Waals surface area contributed by atoms with Gasteiger partial charge in [0.1, 0.15) is 5.58 Å². The van der Waals surface area contributed by atoms with Gasteiger partial charge in [-0.25, -0.2) is 0 Å². The first-order valence-corrected chi connectivity index (χ1v) is 7.25. The molecular formula is C16H15BrN2O. The van der Waals surface area contributed by atoms with E-state index >= 15 is 0 Å². The molecule has 0 aliphatic heterocycles. The van der Waals surface area contributed by atoms with Crippen LogP contribution in [0.3, 0.4) is 0 Å². The van der Waals surface area contributed by atoms with Crippen molar-refractivity contribution < 1.29 is 4.42 Å². The van der Waals surface area contributed by atoms with Crippen LogP contribution in [0.5, 0.6) is 0 Å². The van der Waals surface area contributed by atoms with E-state index in [0.717, 1.165) is 26.7 Å². The number of benzene rings is 2. The van der Waals surface area contributed by atoms with Gasteiger partial charge in [0.2, 0.25) is 0 Å². The molecule has 0 saturated carbocycles. The van der Waals surface area contributed by atoms with E-state index in [4.69, 9.17) is 10.2 Å². The lowest BCUT2D eigenvalue weighted by molar-refractivity contribution is 0.605. The second kappa shape index (κ2) is 5.69. The summed E-state index contributed by atoms with van der Waals surface area (Å²) < 4.78 is 6.63. The van der Waals surface area contributed by atoms with E-state index in [1.165, 1.54) is 0 Å². The molecule has 0 aliphatic rings. The lowest BCUT2D eigenvalue weighted by Crippen LogP contribution is -2.20. The molecule has 0 spiro atoms. The Morgan fingerprint density at radius 1 is 1.15 bits per heavy atom. The van der Waals surface area contributed by atoms with Crippen LogP contribution in [0.15, 0.2) is 63.7 Å². The van der Waals surface area contributed by atoms with Gasteiger partial charge in [-0.05, 0) is 24.3 Å². The molecule has 102 valence electrons. The zero-order valence-corrected chi connectivity index (χ0v) is 12.4. The summed E-state index contributed by atoms with van der Waals surface area (Å²) in [4.78, 5) is 0. The maximum Gasteiger partial charge on any atom is 0.134 e. The van der Waals surface area contributed by atoms with E-state index in [-0.39, 0.29) is 6.04 Å². The van der Waals surface area contributed by atoms with Crippen LogP contribution in [0.1, 0.15) is 11.6 Å². The van der Waals surface area contributed by atoms with Crippen molar-refractivity contribution in [3.63, 3.8) is 0 Å². The van der Waals surface area contributed by atoms with Gasteiger partial charge in [0.15, 0.2) is 0 Å². The molecule has 0 amide bonds. The van der Waals surface area contributed by atoms with Crippen molar-refractivity contribution in [1.29, 1.82) is 0 Å². The predicted octanol–water partition coefficient (Wildman–Crippen LogP) is 4.31. The monoisotopic (exact) mass is 330 g/mol. The van der Waals surface area contributed by atoms with Crippen molar-refractivity contribution in [3.05, 3.63) is 64.8 Å². The number of hydrogen-bond acceptors (Lipinski definition) is 3. The average molecular weight is 331 g/mol. The molecule has 2 aromatic carbocycles. The lowest BCUT2D eigenvalue weighted by Gasteiger charge is -2.17. The summed E-state index contributed by atoms with van der Waals surface area (Å²) in [6, 6.07) is 16.1. The molecule has 1 unspecified atom stereocenters. The summed E-state index contributed by atoms with van der Waals surface area (Å²) in [5.74, 6) is 0. The highest BCUT2D eigenvalue weighted by Gasteiger charge is 2.15. The molecule has 20 heavy (non-hydrogen) atoms. The summed E-state index contributed by atoms with van der Waals surface area (Å²) in [6.07, 6.45) is 1.78. The van der Waals surface area contributed by atoms with E-state index in [9.17, 15) is 0 Å². The van der Waals surface area contributed by atoms with Crippen LogP contribution in [-0.2, 0) is 0 Å². The minimum Gasteiger partial charge on any atom is -0.464 e. The Kier molecular flexibility index (Phi) is 3.76. The van der Waals surface area contributed by atoms with E-state index in [1.54, 1.807) is 6.26 Å².